The Morgan fingerprint density at radius 3 is 2.32 bits per heavy atom. The van der Waals surface area contributed by atoms with Crippen LogP contribution in [0.25, 0.3) is 0 Å². The molecule has 7 nitrogen and oxygen atoms in total. The van der Waals surface area contributed by atoms with Gasteiger partial charge in [-0.1, -0.05) is 6.92 Å². The molecule has 1 fully saturated rings. The molecule has 1 unspecified atom stereocenters. The lowest BCUT2D eigenvalue weighted by Gasteiger charge is -2.30. The number of rotatable bonds is 4. The summed E-state index contributed by atoms with van der Waals surface area (Å²) >= 11 is 0. The Kier molecular flexibility index (Phi) is 5.02. The molecule has 0 saturated carbocycles. The highest BCUT2D eigenvalue weighted by molar-refractivity contribution is 5.98. The lowest BCUT2D eigenvalue weighted by Crippen LogP contribution is -2.53. The number of esters is 1. The smallest absolute Gasteiger partial charge is 0.330 e. The van der Waals surface area contributed by atoms with E-state index in [1.807, 2.05) is 6.92 Å². The monoisotopic (exact) mass is 270 g/mol. The van der Waals surface area contributed by atoms with Gasteiger partial charge < -0.3 is 10.1 Å². The van der Waals surface area contributed by atoms with E-state index in [1.165, 1.54) is 14.0 Å². The van der Waals surface area contributed by atoms with Gasteiger partial charge in [-0.3, -0.25) is 19.3 Å². The van der Waals surface area contributed by atoms with Crippen LogP contribution < -0.4 is 5.32 Å². The zero-order chi connectivity index (χ0) is 14.6. The topological polar surface area (TPSA) is 92.8 Å². The Bertz CT molecular complexity index is 389. The van der Waals surface area contributed by atoms with Crippen LogP contribution in [0.4, 0.5) is 0 Å². The average Bonchev–Trinajstić information content (AvgIpc) is 2.30. The summed E-state index contributed by atoms with van der Waals surface area (Å²) in [7, 11) is 1.18. The molecule has 1 aliphatic heterocycles. The highest BCUT2D eigenvalue weighted by Crippen LogP contribution is 2.19. The number of methoxy groups -OCH3 is 1. The van der Waals surface area contributed by atoms with Gasteiger partial charge in [-0.15, -0.1) is 0 Å². The van der Waals surface area contributed by atoms with Gasteiger partial charge in [-0.2, -0.15) is 0 Å². The molecule has 0 aliphatic carbocycles. The van der Waals surface area contributed by atoms with E-state index in [-0.39, 0.29) is 37.1 Å². The van der Waals surface area contributed by atoms with E-state index < -0.39 is 17.9 Å². The third kappa shape index (κ3) is 4.04. The lowest BCUT2D eigenvalue weighted by molar-refractivity contribution is -0.153. The number of carbonyl (C=O) groups excluding carboxylic acids is 4. The molecule has 1 rings (SSSR count). The first-order valence-corrected chi connectivity index (χ1v) is 6.03. The standard InChI is InChI=1S/C12H18N2O5/c1-7-4-10(16)14(11(17)5-7)6-9(12(18)19-3)13-8(2)15/h7,9H,4-6H2,1-3H3,(H,13,15). The Balaban J connectivity index is 2.77. The van der Waals surface area contributed by atoms with E-state index in [0.29, 0.717) is 0 Å². The molecule has 1 saturated heterocycles. The second-order valence-corrected chi connectivity index (χ2v) is 4.69. The third-order valence-corrected chi connectivity index (χ3v) is 2.88. The fraction of sp³-hybridized carbons (Fsp3) is 0.667. The van der Waals surface area contributed by atoms with Crippen LogP contribution in [0.2, 0.25) is 0 Å². The summed E-state index contributed by atoms with van der Waals surface area (Å²) in [5, 5.41) is 2.37. The fourth-order valence-electron chi connectivity index (χ4n) is 1.98. The maximum atomic E-state index is 11.8. The SMILES string of the molecule is COC(=O)C(CN1C(=O)CC(C)CC1=O)NC(C)=O. The molecule has 106 valence electrons. The van der Waals surface area contributed by atoms with Crippen molar-refractivity contribution in [2.24, 2.45) is 5.92 Å². The molecule has 0 radical (unpaired) electrons. The first-order chi connectivity index (χ1) is 8.85. The number of piperidine rings is 1. The van der Waals surface area contributed by atoms with Crippen LogP contribution in [0, 0.1) is 5.92 Å². The predicted molar refractivity (Wildman–Crippen MR) is 64.7 cm³/mol. The van der Waals surface area contributed by atoms with Gasteiger partial charge in [0.2, 0.25) is 17.7 Å². The van der Waals surface area contributed by atoms with Gasteiger partial charge in [0.05, 0.1) is 13.7 Å². The van der Waals surface area contributed by atoms with Gasteiger partial charge in [-0.05, 0) is 5.92 Å². The van der Waals surface area contributed by atoms with Crippen LogP contribution in [0.3, 0.4) is 0 Å². The van der Waals surface area contributed by atoms with Crippen molar-refractivity contribution in [2.45, 2.75) is 32.7 Å². The van der Waals surface area contributed by atoms with Crippen LogP contribution in [0.15, 0.2) is 0 Å². The molecule has 3 amide bonds. The molecule has 7 heteroatoms. The van der Waals surface area contributed by atoms with E-state index in [4.69, 9.17) is 0 Å². The molecule has 1 heterocycles. The van der Waals surface area contributed by atoms with Crippen molar-refractivity contribution in [1.29, 1.82) is 0 Å². The van der Waals surface area contributed by atoms with Crippen molar-refractivity contribution in [2.75, 3.05) is 13.7 Å². The van der Waals surface area contributed by atoms with Crippen molar-refractivity contribution in [3.63, 3.8) is 0 Å². The van der Waals surface area contributed by atoms with Crippen LogP contribution in [-0.2, 0) is 23.9 Å². The Morgan fingerprint density at radius 1 is 1.37 bits per heavy atom. The number of hydrogen-bond acceptors (Lipinski definition) is 5. The van der Waals surface area contributed by atoms with E-state index in [0.717, 1.165) is 4.90 Å². The summed E-state index contributed by atoms with van der Waals surface area (Å²) in [4.78, 5) is 47.1. The van der Waals surface area contributed by atoms with Crippen molar-refractivity contribution < 1.29 is 23.9 Å². The first kappa shape index (κ1) is 15.1. The Hall–Kier alpha value is -1.92. The van der Waals surface area contributed by atoms with E-state index in [9.17, 15) is 19.2 Å². The number of carbonyl (C=O) groups is 4. The van der Waals surface area contributed by atoms with Crippen LogP contribution >= 0.6 is 0 Å². The second-order valence-electron chi connectivity index (χ2n) is 4.69. The third-order valence-electron chi connectivity index (χ3n) is 2.88. The van der Waals surface area contributed by atoms with Crippen molar-refractivity contribution in [3.05, 3.63) is 0 Å². The van der Waals surface area contributed by atoms with Gasteiger partial charge in [0, 0.05) is 19.8 Å². The van der Waals surface area contributed by atoms with Gasteiger partial charge in [0.15, 0.2) is 0 Å². The van der Waals surface area contributed by atoms with E-state index in [1.54, 1.807) is 0 Å². The second kappa shape index (κ2) is 6.31. The number of imide groups is 1. The number of hydrogen-bond donors (Lipinski definition) is 1. The van der Waals surface area contributed by atoms with Crippen molar-refractivity contribution in [1.82, 2.24) is 10.2 Å². The van der Waals surface area contributed by atoms with Gasteiger partial charge in [0.1, 0.15) is 6.04 Å². The number of amides is 3. The lowest BCUT2D eigenvalue weighted by atomic mass is 9.97. The van der Waals surface area contributed by atoms with Gasteiger partial charge in [-0.25, -0.2) is 4.79 Å². The summed E-state index contributed by atoms with van der Waals surface area (Å²) in [6, 6.07) is -1.02. The van der Waals surface area contributed by atoms with Crippen LogP contribution in [0.1, 0.15) is 26.7 Å². The maximum Gasteiger partial charge on any atom is 0.330 e. The van der Waals surface area contributed by atoms with Crippen LogP contribution in [-0.4, -0.2) is 48.3 Å². The summed E-state index contributed by atoms with van der Waals surface area (Å²) in [5.41, 5.74) is 0. The summed E-state index contributed by atoms with van der Waals surface area (Å²) in [6.07, 6.45) is 0.527. The highest BCUT2D eigenvalue weighted by Gasteiger charge is 2.34. The Morgan fingerprint density at radius 2 is 1.89 bits per heavy atom. The molecule has 0 aromatic heterocycles. The molecule has 1 aliphatic rings. The molecule has 0 aromatic carbocycles. The van der Waals surface area contributed by atoms with Crippen molar-refractivity contribution in [3.8, 4) is 0 Å². The fourth-order valence-corrected chi connectivity index (χ4v) is 1.98. The molecule has 19 heavy (non-hydrogen) atoms. The average molecular weight is 270 g/mol. The zero-order valence-corrected chi connectivity index (χ0v) is 11.3. The summed E-state index contributed by atoms with van der Waals surface area (Å²) in [6.45, 7) is 2.88. The highest BCUT2D eigenvalue weighted by atomic mass is 16.5. The molecule has 1 atom stereocenters. The molecular formula is C12H18N2O5. The molecule has 0 aromatic rings. The number of ether oxygens (including phenoxy) is 1. The largest absolute Gasteiger partial charge is 0.467 e. The summed E-state index contributed by atoms with van der Waals surface area (Å²) in [5.74, 6) is -1.77. The Labute approximate surface area is 111 Å². The molecule has 0 spiro atoms. The zero-order valence-electron chi connectivity index (χ0n) is 11.3. The minimum Gasteiger partial charge on any atom is -0.467 e. The van der Waals surface area contributed by atoms with E-state index in [2.05, 4.69) is 10.1 Å². The quantitative estimate of drug-likeness (QED) is 0.546. The number of nitrogens with zero attached hydrogens (tertiary/aromatic N) is 1. The number of likely N-dealkylation sites (tertiary alicyclic amines) is 1. The van der Waals surface area contributed by atoms with Crippen molar-refractivity contribution >= 4 is 23.7 Å². The maximum absolute atomic E-state index is 11.8. The molecule has 1 N–H and O–H groups in total. The first-order valence-electron chi connectivity index (χ1n) is 6.03. The van der Waals surface area contributed by atoms with Gasteiger partial charge in [0.25, 0.3) is 0 Å². The molecule has 0 bridgehead atoms. The normalized spacial score (nSPS) is 18.2. The van der Waals surface area contributed by atoms with Gasteiger partial charge >= 0.3 is 5.97 Å². The number of nitrogens with one attached hydrogen (secondary N) is 1. The minimum absolute atomic E-state index is 0.00796. The summed E-state index contributed by atoms with van der Waals surface area (Å²) < 4.78 is 4.54. The minimum atomic E-state index is -1.02. The van der Waals surface area contributed by atoms with E-state index >= 15 is 0 Å². The predicted octanol–water partition coefficient (Wildman–Crippen LogP) is -0.551. The molecular weight excluding hydrogens is 252 g/mol. The van der Waals surface area contributed by atoms with Crippen LogP contribution in [0.5, 0.6) is 0 Å².